The molecule has 1 fully saturated rings. The molecule has 1 rings (SSSR count). The third kappa shape index (κ3) is 28.5. The van der Waals surface area contributed by atoms with Crippen molar-refractivity contribution in [1.82, 2.24) is 5.32 Å². The van der Waals surface area contributed by atoms with Gasteiger partial charge in [0.25, 0.3) is 0 Å². The molecule has 1 aliphatic heterocycles. The van der Waals surface area contributed by atoms with E-state index in [0.29, 0.717) is 19.3 Å². The van der Waals surface area contributed by atoms with Gasteiger partial charge in [0.05, 0.1) is 25.4 Å². The van der Waals surface area contributed by atoms with E-state index in [1.54, 1.807) is 0 Å². The number of allylic oxidation sites excluding steroid dienone is 2. The molecule has 9 unspecified atom stereocenters. The number of rotatable bonds is 42. The molecule has 356 valence electrons. The predicted molar refractivity (Wildman–Crippen MR) is 243 cm³/mol. The molecular weight excluding hydrogens is 763 g/mol. The van der Waals surface area contributed by atoms with E-state index in [-0.39, 0.29) is 6.42 Å². The molecule has 0 aromatic rings. The lowest BCUT2D eigenvalue weighted by Gasteiger charge is -2.40. The third-order valence-electron chi connectivity index (χ3n) is 12.3. The molecule has 11 nitrogen and oxygen atoms in total. The number of aliphatic hydroxyl groups is 7. The Morgan fingerprint density at radius 3 is 1.40 bits per heavy atom. The van der Waals surface area contributed by atoms with Crippen molar-refractivity contribution >= 4 is 5.91 Å². The fraction of sp³-hybridized carbons (Fsp3) is 0.939. The van der Waals surface area contributed by atoms with Gasteiger partial charge in [-0.15, -0.1) is 0 Å². The summed E-state index contributed by atoms with van der Waals surface area (Å²) >= 11 is 0. The largest absolute Gasteiger partial charge is 0.394 e. The van der Waals surface area contributed by atoms with E-state index < -0.39 is 74.2 Å². The van der Waals surface area contributed by atoms with Crippen LogP contribution in [0.4, 0.5) is 0 Å². The van der Waals surface area contributed by atoms with Crippen LogP contribution in [0.5, 0.6) is 0 Å². The van der Waals surface area contributed by atoms with E-state index in [9.17, 15) is 40.5 Å². The van der Waals surface area contributed by atoms with E-state index in [0.717, 1.165) is 51.4 Å². The van der Waals surface area contributed by atoms with Gasteiger partial charge >= 0.3 is 0 Å². The van der Waals surface area contributed by atoms with E-state index >= 15 is 0 Å². The summed E-state index contributed by atoms with van der Waals surface area (Å²) in [4.78, 5) is 13.1. The van der Waals surface area contributed by atoms with Gasteiger partial charge in [-0.05, 0) is 38.5 Å². The highest BCUT2D eigenvalue weighted by molar-refractivity contribution is 5.80. The van der Waals surface area contributed by atoms with Crippen molar-refractivity contribution in [1.29, 1.82) is 0 Å². The number of carbonyl (C=O) groups excluding carboxylic acids is 1. The van der Waals surface area contributed by atoms with Crippen LogP contribution in [0.15, 0.2) is 12.2 Å². The SMILES string of the molecule is CCCCCCCCCCC/C=C\CCCCCCC(O)C(=O)NC(COC1OC(CO)C(O)C(O)C1O)C(O)C(O)CCCCCCCCCCCCCCCCCC. The summed E-state index contributed by atoms with van der Waals surface area (Å²) in [6.07, 6.45) is 31.1. The van der Waals surface area contributed by atoms with Crippen LogP contribution in [0.1, 0.15) is 226 Å². The zero-order valence-electron chi connectivity index (χ0n) is 38.5. The summed E-state index contributed by atoms with van der Waals surface area (Å²) in [7, 11) is 0. The minimum Gasteiger partial charge on any atom is -0.394 e. The fourth-order valence-electron chi connectivity index (χ4n) is 8.14. The lowest BCUT2D eigenvalue weighted by Crippen LogP contribution is -2.60. The summed E-state index contributed by atoms with van der Waals surface area (Å²) in [6.45, 7) is 3.45. The van der Waals surface area contributed by atoms with Gasteiger partial charge in [-0.1, -0.05) is 199 Å². The Labute approximate surface area is 366 Å². The summed E-state index contributed by atoms with van der Waals surface area (Å²) in [6, 6.07) is -1.17. The van der Waals surface area contributed by atoms with Gasteiger partial charge in [-0.25, -0.2) is 0 Å². The van der Waals surface area contributed by atoms with Crippen molar-refractivity contribution in [3.05, 3.63) is 12.2 Å². The van der Waals surface area contributed by atoms with Crippen LogP contribution in [0, 0.1) is 0 Å². The van der Waals surface area contributed by atoms with Crippen molar-refractivity contribution < 1.29 is 50.0 Å². The number of nitrogens with one attached hydrogen (secondary N) is 1. The molecule has 0 saturated carbocycles. The van der Waals surface area contributed by atoms with Crippen LogP contribution in [-0.2, 0) is 14.3 Å². The Hall–Kier alpha value is -1.15. The minimum absolute atomic E-state index is 0.248. The number of unbranched alkanes of at least 4 members (excludes halogenated alkanes) is 28. The van der Waals surface area contributed by atoms with Crippen molar-refractivity contribution in [2.75, 3.05) is 13.2 Å². The van der Waals surface area contributed by atoms with Gasteiger partial charge in [-0.2, -0.15) is 0 Å². The van der Waals surface area contributed by atoms with E-state index in [4.69, 9.17) is 9.47 Å². The predicted octanol–water partition coefficient (Wildman–Crippen LogP) is 8.84. The van der Waals surface area contributed by atoms with Crippen LogP contribution in [0.25, 0.3) is 0 Å². The van der Waals surface area contributed by atoms with Crippen LogP contribution in [-0.4, -0.2) is 110 Å². The lowest BCUT2D eigenvalue weighted by atomic mass is 9.98. The highest BCUT2D eigenvalue weighted by atomic mass is 16.7. The first kappa shape index (κ1) is 56.9. The number of amides is 1. The Morgan fingerprint density at radius 1 is 0.567 bits per heavy atom. The van der Waals surface area contributed by atoms with Gasteiger partial charge in [-0.3, -0.25) is 4.79 Å². The Morgan fingerprint density at radius 2 is 0.967 bits per heavy atom. The van der Waals surface area contributed by atoms with Crippen LogP contribution < -0.4 is 5.32 Å². The Bertz CT molecular complexity index is 986. The molecule has 0 radical (unpaired) electrons. The second-order valence-electron chi connectivity index (χ2n) is 17.9. The van der Waals surface area contributed by atoms with Crippen molar-refractivity contribution in [2.45, 2.75) is 281 Å². The third-order valence-corrected chi connectivity index (χ3v) is 12.3. The highest BCUT2D eigenvalue weighted by Gasteiger charge is 2.44. The van der Waals surface area contributed by atoms with E-state index in [1.165, 1.54) is 135 Å². The van der Waals surface area contributed by atoms with Gasteiger partial charge in [0.2, 0.25) is 5.91 Å². The molecule has 0 aliphatic carbocycles. The monoisotopic (exact) mass is 858 g/mol. The first-order chi connectivity index (χ1) is 29.2. The summed E-state index contributed by atoms with van der Waals surface area (Å²) in [5, 5.41) is 75.8. The molecular formula is C49H95NO10. The number of ether oxygens (including phenoxy) is 2. The molecule has 11 heteroatoms. The lowest BCUT2D eigenvalue weighted by molar-refractivity contribution is -0.303. The van der Waals surface area contributed by atoms with Crippen molar-refractivity contribution in [3.63, 3.8) is 0 Å². The molecule has 0 aromatic carbocycles. The molecule has 1 heterocycles. The molecule has 60 heavy (non-hydrogen) atoms. The van der Waals surface area contributed by atoms with Gasteiger partial charge in [0.15, 0.2) is 6.29 Å². The first-order valence-electron chi connectivity index (χ1n) is 25.1. The second-order valence-corrected chi connectivity index (χ2v) is 17.9. The fourth-order valence-corrected chi connectivity index (χ4v) is 8.14. The first-order valence-corrected chi connectivity index (χ1v) is 25.1. The number of hydrogen-bond acceptors (Lipinski definition) is 10. The van der Waals surface area contributed by atoms with Crippen LogP contribution in [0.3, 0.4) is 0 Å². The second kappa shape index (κ2) is 39.4. The topological polar surface area (TPSA) is 189 Å². The smallest absolute Gasteiger partial charge is 0.249 e. The average Bonchev–Trinajstić information content (AvgIpc) is 3.25. The maximum atomic E-state index is 13.1. The zero-order valence-corrected chi connectivity index (χ0v) is 38.5. The average molecular weight is 858 g/mol. The Balaban J connectivity index is 2.42. The van der Waals surface area contributed by atoms with Gasteiger partial charge < -0.3 is 50.5 Å². The normalized spacial score (nSPS) is 21.6. The van der Waals surface area contributed by atoms with Gasteiger partial charge in [0, 0.05) is 0 Å². The van der Waals surface area contributed by atoms with E-state index in [1.807, 2.05) is 0 Å². The maximum absolute atomic E-state index is 13.1. The van der Waals surface area contributed by atoms with Crippen molar-refractivity contribution in [3.8, 4) is 0 Å². The molecule has 0 spiro atoms. The minimum atomic E-state index is -1.66. The van der Waals surface area contributed by atoms with Gasteiger partial charge in [0.1, 0.15) is 36.6 Å². The number of aliphatic hydroxyl groups excluding tert-OH is 7. The van der Waals surface area contributed by atoms with Crippen LogP contribution in [0.2, 0.25) is 0 Å². The van der Waals surface area contributed by atoms with Crippen LogP contribution >= 0.6 is 0 Å². The standard InChI is InChI=1S/C49H95NO10/c1-3-5-7-9-11-13-15-17-19-21-23-25-27-29-31-33-35-37-42(53)48(58)50-40(39-59-49-47(57)46(56)45(55)43(38-51)60-49)44(54)41(52)36-34-32-30-28-26-24-22-20-18-16-14-12-10-8-6-4-2/h23,25,40-47,49,51-57H,3-22,24,26-39H2,1-2H3,(H,50,58)/b25-23-. The molecule has 9 atom stereocenters. The van der Waals surface area contributed by atoms with E-state index in [2.05, 4.69) is 31.3 Å². The molecule has 1 amide bonds. The highest BCUT2D eigenvalue weighted by Crippen LogP contribution is 2.23. The Kier molecular flexibility index (Phi) is 37.4. The zero-order chi connectivity index (χ0) is 44.1. The van der Waals surface area contributed by atoms with Crippen molar-refractivity contribution in [2.24, 2.45) is 0 Å². The maximum Gasteiger partial charge on any atom is 0.249 e. The molecule has 8 N–H and O–H groups in total. The molecule has 0 aromatic heterocycles. The molecule has 1 saturated heterocycles. The number of carbonyl (C=O) groups is 1. The quantitative estimate of drug-likeness (QED) is 0.0218. The molecule has 0 bridgehead atoms. The molecule has 1 aliphatic rings. The summed E-state index contributed by atoms with van der Waals surface area (Å²) in [5.41, 5.74) is 0. The number of hydrogen-bond donors (Lipinski definition) is 8. The summed E-state index contributed by atoms with van der Waals surface area (Å²) in [5.74, 6) is -0.703. The summed E-state index contributed by atoms with van der Waals surface area (Å²) < 4.78 is 11.1.